The monoisotopic (exact) mass is 491 g/mol. The van der Waals surface area contributed by atoms with E-state index in [1.54, 1.807) is 24.3 Å². The Hall–Kier alpha value is -2.85. The highest BCUT2D eigenvalue weighted by Crippen LogP contribution is 2.20. The average Bonchev–Trinajstić information content (AvgIpc) is 2.79. The van der Waals surface area contributed by atoms with Gasteiger partial charge in [0.25, 0.3) is 5.96 Å². The number of phenols is 2. The third-order valence-corrected chi connectivity index (χ3v) is 5.61. The van der Waals surface area contributed by atoms with Gasteiger partial charge in [-0.15, -0.1) is 5.10 Å². The number of aromatic hydroxyl groups is 2. The summed E-state index contributed by atoms with van der Waals surface area (Å²) in [5.74, 6) is 0.856. The molecular formula is C22H27Cl2N7O2. The molecule has 9 nitrogen and oxygen atoms in total. The van der Waals surface area contributed by atoms with Crippen molar-refractivity contribution in [3.05, 3.63) is 57.6 Å². The second-order valence-corrected chi connectivity index (χ2v) is 8.59. The molecule has 0 saturated carbocycles. The molecule has 0 atom stereocenters. The molecule has 0 aliphatic carbocycles. The van der Waals surface area contributed by atoms with E-state index in [1.807, 2.05) is 0 Å². The van der Waals surface area contributed by atoms with Gasteiger partial charge >= 0.3 is 0 Å². The van der Waals surface area contributed by atoms with Crippen molar-refractivity contribution in [2.75, 3.05) is 26.7 Å². The number of halogens is 2. The highest BCUT2D eigenvalue weighted by atomic mass is 35.5. The summed E-state index contributed by atoms with van der Waals surface area (Å²) in [6.45, 7) is 2.91. The van der Waals surface area contributed by atoms with Gasteiger partial charge < -0.3 is 15.1 Å². The van der Waals surface area contributed by atoms with E-state index in [2.05, 4.69) is 43.5 Å². The Kier molecular flexibility index (Phi) is 9.32. The molecular weight excluding hydrogens is 465 g/mol. The maximum atomic E-state index is 9.92. The van der Waals surface area contributed by atoms with E-state index in [4.69, 9.17) is 23.2 Å². The number of nitrogens with zero attached hydrogens (tertiary/aromatic N) is 4. The number of rotatable bonds is 7. The minimum atomic E-state index is 0.0377. The van der Waals surface area contributed by atoms with Crippen LogP contribution in [-0.4, -0.2) is 60.2 Å². The van der Waals surface area contributed by atoms with Crippen LogP contribution in [0.3, 0.4) is 0 Å². The number of guanidine groups is 1. The fourth-order valence-corrected chi connectivity index (χ4v) is 3.55. The minimum absolute atomic E-state index is 0.0377. The lowest BCUT2D eigenvalue weighted by molar-refractivity contribution is 0.214. The summed E-state index contributed by atoms with van der Waals surface area (Å²) in [4.78, 5) is 2.32. The van der Waals surface area contributed by atoms with Crippen LogP contribution in [0, 0.1) is 5.92 Å². The fraction of sp³-hybridized carbons (Fsp3) is 0.318. The number of hydrazone groups is 1. The van der Waals surface area contributed by atoms with Crippen LogP contribution < -0.4 is 16.3 Å². The van der Waals surface area contributed by atoms with Crippen LogP contribution in [0.2, 0.25) is 10.0 Å². The second kappa shape index (κ2) is 12.4. The lowest BCUT2D eigenvalue weighted by atomic mass is 9.97. The molecule has 1 aliphatic rings. The maximum Gasteiger partial charge on any atom is 0.251 e. The summed E-state index contributed by atoms with van der Waals surface area (Å²) in [5.41, 5.74) is 9.76. The van der Waals surface area contributed by atoms with Gasteiger partial charge in [0.1, 0.15) is 11.5 Å². The van der Waals surface area contributed by atoms with Crippen LogP contribution in [0.5, 0.6) is 11.5 Å². The van der Waals surface area contributed by atoms with Crippen molar-refractivity contribution >= 4 is 41.6 Å². The number of phenolic OH excluding ortho intramolecular Hbond substituents is 2. The van der Waals surface area contributed by atoms with Gasteiger partial charge in [-0.05, 0) is 75.3 Å². The van der Waals surface area contributed by atoms with Crippen LogP contribution in [0.25, 0.3) is 0 Å². The summed E-state index contributed by atoms with van der Waals surface area (Å²) in [6.07, 6.45) is 5.03. The first kappa shape index (κ1) is 24.8. The molecule has 11 heteroatoms. The van der Waals surface area contributed by atoms with Gasteiger partial charge in [0, 0.05) is 27.7 Å². The van der Waals surface area contributed by atoms with Crippen LogP contribution in [-0.2, 0) is 0 Å². The zero-order valence-electron chi connectivity index (χ0n) is 18.2. The first-order valence-corrected chi connectivity index (χ1v) is 11.2. The van der Waals surface area contributed by atoms with Crippen molar-refractivity contribution in [1.82, 2.24) is 21.2 Å². The van der Waals surface area contributed by atoms with Gasteiger partial charge in [-0.2, -0.15) is 10.2 Å². The Morgan fingerprint density at radius 3 is 2.27 bits per heavy atom. The normalized spacial score (nSPS) is 16.0. The number of hydrogen-bond acceptors (Lipinski definition) is 7. The van der Waals surface area contributed by atoms with Crippen molar-refractivity contribution in [2.24, 2.45) is 21.2 Å². The predicted octanol–water partition coefficient (Wildman–Crippen LogP) is 3.15. The van der Waals surface area contributed by atoms with Gasteiger partial charge in [0.15, 0.2) is 0 Å². The standard InChI is InChI=1S/C22H27Cl2N7O2/c1-31-8-6-15(7-9-31)12-25-28-22(29-26-13-16-10-18(23)2-4-20(16)32)30-27-14-17-11-19(24)3-5-21(17)33/h2-5,10-11,13-15,25,32-33H,6-9,12H2,1H3,(H2,28,29,30)/b26-13-,27-14+. The van der Waals surface area contributed by atoms with Gasteiger partial charge in [-0.25, -0.2) is 10.9 Å². The Balaban J connectivity index is 1.65. The summed E-state index contributed by atoms with van der Waals surface area (Å²) in [6, 6.07) is 9.30. The fourth-order valence-electron chi connectivity index (χ4n) is 3.19. The van der Waals surface area contributed by atoms with Gasteiger partial charge in [-0.3, -0.25) is 5.43 Å². The molecule has 1 saturated heterocycles. The van der Waals surface area contributed by atoms with Crippen molar-refractivity contribution in [3.63, 3.8) is 0 Å². The highest BCUT2D eigenvalue weighted by molar-refractivity contribution is 6.31. The third kappa shape index (κ3) is 8.21. The van der Waals surface area contributed by atoms with Crippen molar-refractivity contribution in [3.8, 4) is 11.5 Å². The Morgan fingerprint density at radius 1 is 1.03 bits per heavy atom. The molecule has 1 heterocycles. The number of hydrogen-bond donors (Lipinski definition) is 5. The van der Waals surface area contributed by atoms with E-state index >= 15 is 0 Å². The number of hydrazine groups is 1. The highest BCUT2D eigenvalue weighted by Gasteiger charge is 2.16. The molecule has 0 aromatic heterocycles. The molecule has 0 spiro atoms. The van der Waals surface area contributed by atoms with Crippen LogP contribution in [0.1, 0.15) is 24.0 Å². The van der Waals surface area contributed by atoms with E-state index in [9.17, 15) is 10.2 Å². The Bertz CT molecular complexity index is 1020. The lowest BCUT2D eigenvalue weighted by Crippen LogP contribution is -2.46. The third-order valence-electron chi connectivity index (χ3n) is 5.14. The molecule has 1 fully saturated rings. The summed E-state index contributed by atoms with van der Waals surface area (Å²) >= 11 is 11.9. The molecule has 0 bridgehead atoms. The van der Waals surface area contributed by atoms with E-state index in [1.165, 1.54) is 24.6 Å². The van der Waals surface area contributed by atoms with Gasteiger partial charge in [0.05, 0.1) is 12.4 Å². The summed E-state index contributed by atoms with van der Waals surface area (Å²) in [7, 11) is 2.13. The summed E-state index contributed by atoms with van der Waals surface area (Å²) < 4.78 is 0. The topological polar surface area (TPSA) is 117 Å². The zero-order valence-corrected chi connectivity index (χ0v) is 19.7. The Morgan fingerprint density at radius 2 is 1.64 bits per heavy atom. The zero-order chi connectivity index (χ0) is 23.6. The second-order valence-electron chi connectivity index (χ2n) is 7.72. The number of benzene rings is 2. The van der Waals surface area contributed by atoms with Gasteiger partial charge in [0.2, 0.25) is 0 Å². The van der Waals surface area contributed by atoms with E-state index in [-0.39, 0.29) is 17.5 Å². The van der Waals surface area contributed by atoms with E-state index in [0.717, 1.165) is 32.5 Å². The predicted molar refractivity (Wildman–Crippen MR) is 133 cm³/mol. The molecule has 0 amide bonds. The van der Waals surface area contributed by atoms with Crippen molar-refractivity contribution in [2.45, 2.75) is 12.8 Å². The molecule has 176 valence electrons. The van der Waals surface area contributed by atoms with Gasteiger partial charge in [-0.1, -0.05) is 23.2 Å². The molecule has 2 aromatic carbocycles. The molecule has 3 rings (SSSR count). The molecule has 1 aliphatic heterocycles. The Labute approximate surface area is 202 Å². The first-order chi connectivity index (χ1) is 15.9. The lowest BCUT2D eigenvalue weighted by Gasteiger charge is -2.29. The summed E-state index contributed by atoms with van der Waals surface area (Å²) in [5, 5.41) is 33.0. The SMILES string of the molecule is CN1CCC(CNNC(=N/N=C/c2cc(Cl)ccc2O)N/N=C\c2cc(Cl)ccc2O)CC1. The number of piperidine rings is 1. The molecule has 0 radical (unpaired) electrons. The maximum absolute atomic E-state index is 9.92. The number of likely N-dealkylation sites (tertiary alicyclic amines) is 1. The molecule has 0 unspecified atom stereocenters. The quantitative estimate of drug-likeness (QED) is 0.230. The van der Waals surface area contributed by atoms with Crippen LogP contribution in [0.15, 0.2) is 51.7 Å². The van der Waals surface area contributed by atoms with E-state index in [0.29, 0.717) is 27.1 Å². The number of nitrogens with one attached hydrogen (secondary N) is 3. The molecule has 33 heavy (non-hydrogen) atoms. The average molecular weight is 492 g/mol. The minimum Gasteiger partial charge on any atom is -0.507 e. The van der Waals surface area contributed by atoms with Crippen LogP contribution in [0.4, 0.5) is 0 Å². The van der Waals surface area contributed by atoms with Crippen molar-refractivity contribution in [1.29, 1.82) is 0 Å². The molecule has 5 N–H and O–H groups in total. The largest absolute Gasteiger partial charge is 0.507 e. The molecule has 2 aromatic rings. The first-order valence-electron chi connectivity index (χ1n) is 10.5. The van der Waals surface area contributed by atoms with Crippen molar-refractivity contribution < 1.29 is 10.2 Å². The van der Waals surface area contributed by atoms with E-state index < -0.39 is 0 Å². The smallest absolute Gasteiger partial charge is 0.251 e. The van der Waals surface area contributed by atoms with Crippen LogP contribution >= 0.6 is 23.2 Å².